The van der Waals surface area contributed by atoms with Crippen molar-refractivity contribution in [3.8, 4) is 11.3 Å². The molecular weight excluding hydrogens is 396 g/mol. The van der Waals surface area contributed by atoms with Gasteiger partial charge in [-0.15, -0.1) is 0 Å². The Labute approximate surface area is 179 Å². The standard InChI is InChI=1S/C22H24N6O3/c1-23-20-12-24-11-19(26-20)15-9-18(22(31)25-10-15)27-21(30)14-4-6-16(7-5-14)28-8-2-3-17(28)13-29/h4-7,9-12,17,29H,2-3,8,13H2,1H3,(H,23,26)(H,25,31)(H,27,30)/t17-/m0/s1. The van der Waals surface area contributed by atoms with Gasteiger partial charge in [-0.25, -0.2) is 4.98 Å². The summed E-state index contributed by atoms with van der Waals surface area (Å²) in [5.74, 6) is 0.209. The highest BCUT2D eigenvalue weighted by molar-refractivity contribution is 6.04. The number of benzene rings is 1. The van der Waals surface area contributed by atoms with Crippen LogP contribution in [-0.4, -0.2) is 52.2 Å². The molecule has 1 fully saturated rings. The molecule has 160 valence electrons. The van der Waals surface area contributed by atoms with E-state index in [1.54, 1.807) is 37.6 Å². The number of aliphatic hydroxyl groups excluding tert-OH is 1. The lowest BCUT2D eigenvalue weighted by Crippen LogP contribution is -2.32. The largest absolute Gasteiger partial charge is 0.394 e. The number of aromatic nitrogens is 3. The average Bonchev–Trinajstić information content (AvgIpc) is 3.29. The van der Waals surface area contributed by atoms with Gasteiger partial charge in [0, 0.05) is 36.6 Å². The van der Waals surface area contributed by atoms with Crippen LogP contribution in [0.5, 0.6) is 0 Å². The van der Waals surface area contributed by atoms with Gasteiger partial charge in [-0.1, -0.05) is 0 Å². The van der Waals surface area contributed by atoms with Gasteiger partial charge in [0.15, 0.2) is 0 Å². The Morgan fingerprint density at radius 1 is 1.29 bits per heavy atom. The van der Waals surface area contributed by atoms with E-state index in [9.17, 15) is 14.7 Å². The van der Waals surface area contributed by atoms with Gasteiger partial charge in [-0.05, 0) is 43.2 Å². The maximum Gasteiger partial charge on any atom is 0.271 e. The van der Waals surface area contributed by atoms with Crippen LogP contribution in [0.25, 0.3) is 11.3 Å². The van der Waals surface area contributed by atoms with Crippen molar-refractivity contribution in [2.24, 2.45) is 0 Å². The Morgan fingerprint density at radius 3 is 2.84 bits per heavy atom. The molecule has 0 spiro atoms. The lowest BCUT2D eigenvalue weighted by molar-refractivity contribution is 0.102. The third-order valence-electron chi connectivity index (χ3n) is 5.39. The molecule has 0 unspecified atom stereocenters. The van der Waals surface area contributed by atoms with E-state index >= 15 is 0 Å². The van der Waals surface area contributed by atoms with Crippen molar-refractivity contribution in [1.82, 2.24) is 15.0 Å². The van der Waals surface area contributed by atoms with Crippen LogP contribution in [-0.2, 0) is 0 Å². The number of nitrogens with one attached hydrogen (secondary N) is 3. The van der Waals surface area contributed by atoms with Crippen molar-refractivity contribution < 1.29 is 9.90 Å². The van der Waals surface area contributed by atoms with Crippen molar-refractivity contribution >= 4 is 23.1 Å². The number of amides is 1. The van der Waals surface area contributed by atoms with Crippen LogP contribution in [0.1, 0.15) is 23.2 Å². The number of pyridine rings is 1. The number of H-pyrrole nitrogens is 1. The van der Waals surface area contributed by atoms with Crippen molar-refractivity contribution in [3.63, 3.8) is 0 Å². The summed E-state index contributed by atoms with van der Waals surface area (Å²) in [6.45, 7) is 1.000. The first-order valence-electron chi connectivity index (χ1n) is 10.1. The molecular formula is C22H24N6O3. The fourth-order valence-corrected chi connectivity index (χ4v) is 3.71. The molecule has 0 bridgehead atoms. The highest BCUT2D eigenvalue weighted by atomic mass is 16.3. The van der Waals surface area contributed by atoms with Crippen LogP contribution in [0, 0.1) is 0 Å². The number of hydrogen-bond acceptors (Lipinski definition) is 7. The number of carbonyl (C=O) groups excluding carboxylic acids is 1. The third-order valence-corrected chi connectivity index (χ3v) is 5.39. The number of hydrogen-bond donors (Lipinski definition) is 4. The molecule has 1 amide bonds. The zero-order valence-corrected chi connectivity index (χ0v) is 17.1. The number of nitrogens with zero attached hydrogens (tertiary/aromatic N) is 3. The van der Waals surface area contributed by atoms with Crippen LogP contribution in [0.2, 0.25) is 0 Å². The van der Waals surface area contributed by atoms with E-state index in [1.165, 1.54) is 6.20 Å². The van der Waals surface area contributed by atoms with Crippen molar-refractivity contribution in [2.75, 3.05) is 35.7 Å². The first-order valence-corrected chi connectivity index (χ1v) is 10.1. The van der Waals surface area contributed by atoms with E-state index in [1.807, 2.05) is 12.1 Å². The van der Waals surface area contributed by atoms with E-state index in [0.717, 1.165) is 25.1 Å². The van der Waals surface area contributed by atoms with Crippen LogP contribution >= 0.6 is 0 Å². The molecule has 0 saturated carbocycles. The summed E-state index contributed by atoms with van der Waals surface area (Å²) in [5.41, 5.74) is 2.31. The van der Waals surface area contributed by atoms with Crippen LogP contribution in [0.15, 0.2) is 53.7 Å². The van der Waals surface area contributed by atoms with Gasteiger partial charge < -0.3 is 25.6 Å². The number of aliphatic hydroxyl groups is 1. The van der Waals surface area contributed by atoms with Crippen LogP contribution < -0.4 is 21.1 Å². The lowest BCUT2D eigenvalue weighted by atomic mass is 10.1. The Kier molecular flexibility index (Phi) is 5.94. The minimum absolute atomic E-state index is 0.114. The van der Waals surface area contributed by atoms with Crippen LogP contribution in [0.3, 0.4) is 0 Å². The third kappa shape index (κ3) is 4.41. The molecule has 0 radical (unpaired) electrons. The Balaban J connectivity index is 1.52. The molecule has 1 aliphatic heterocycles. The molecule has 2 aromatic heterocycles. The molecule has 9 nitrogen and oxygen atoms in total. The normalized spacial score (nSPS) is 15.7. The summed E-state index contributed by atoms with van der Waals surface area (Å²) in [7, 11) is 1.74. The second-order valence-corrected chi connectivity index (χ2v) is 7.34. The van der Waals surface area contributed by atoms with Gasteiger partial charge in [0.1, 0.15) is 11.5 Å². The van der Waals surface area contributed by atoms with Gasteiger partial charge in [0.2, 0.25) is 0 Å². The highest BCUT2D eigenvalue weighted by Gasteiger charge is 2.24. The molecule has 1 atom stereocenters. The maximum absolute atomic E-state index is 12.7. The summed E-state index contributed by atoms with van der Waals surface area (Å²) in [5, 5.41) is 15.1. The molecule has 3 heterocycles. The maximum atomic E-state index is 12.7. The average molecular weight is 420 g/mol. The minimum atomic E-state index is -0.408. The molecule has 4 rings (SSSR count). The van der Waals surface area contributed by atoms with Gasteiger partial charge in [-0.2, -0.15) is 0 Å². The summed E-state index contributed by atoms with van der Waals surface area (Å²) in [4.78, 5) is 38.3. The lowest BCUT2D eigenvalue weighted by Gasteiger charge is -2.25. The molecule has 31 heavy (non-hydrogen) atoms. The summed E-state index contributed by atoms with van der Waals surface area (Å²) < 4.78 is 0. The van der Waals surface area contributed by atoms with E-state index in [-0.39, 0.29) is 24.2 Å². The fraction of sp³-hybridized carbons (Fsp3) is 0.273. The van der Waals surface area contributed by atoms with Gasteiger partial charge in [0.25, 0.3) is 11.5 Å². The topological polar surface area (TPSA) is 123 Å². The van der Waals surface area contributed by atoms with E-state index in [4.69, 9.17) is 0 Å². The first-order chi connectivity index (χ1) is 15.1. The van der Waals surface area contributed by atoms with Crippen molar-refractivity contribution in [1.29, 1.82) is 0 Å². The second kappa shape index (κ2) is 8.97. The molecule has 4 N–H and O–H groups in total. The Hall–Kier alpha value is -3.72. The van der Waals surface area contributed by atoms with E-state index in [2.05, 4.69) is 30.5 Å². The number of anilines is 3. The molecule has 3 aromatic rings. The molecule has 0 aliphatic carbocycles. The predicted octanol–water partition coefficient (Wildman–Crippen LogP) is 2.09. The Morgan fingerprint density at radius 2 is 2.10 bits per heavy atom. The SMILES string of the molecule is CNc1cncc(-c2c[nH]c(=O)c(NC(=O)c3ccc(N4CCC[C@H]4CO)cc3)c2)n1. The summed E-state index contributed by atoms with van der Waals surface area (Å²) >= 11 is 0. The van der Waals surface area contributed by atoms with Crippen molar-refractivity contribution in [2.45, 2.75) is 18.9 Å². The van der Waals surface area contributed by atoms with Gasteiger partial charge in [-0.3, -0.25) is 14.6 Å². The zero-order chi connectivity index (χ0) is 21.8. The zero-order valence-electron chi connectivity index (χ0n) is 17.1. The minimum Gasteiger partial charge on any atom is -0.394 e. The quantitative estimate of drug-likeness (QED) is 0.481. The Bertz CT molecular complexity index is 1130. The fourth-order valence-electron chi connectivity index (χ4n) is 3.71. The van der Waals surface area contributed by atoms with Crippen LogP contribution in [0.4, 0.5) is 17.2 Å². The summed E-state index contributed by atoms with van der Waals surface area (Å²) in [6, 6.07) is 8.86. The molecule has 9 heteroatoms. The molecule has 1 aromatic carbocycles. The smallest absolute Gasteiger partial charge is 0.271 e. The van der Waals surface area contributed by atoms with Gasteiger partial charge >= 0.3 is 0 Å². The predicted molar refractivity (Wildman–Crippen MR) is 119 cm³/mol. The first kappa shape index (κ1) is 20.5. The highest BCUT2D eigenvalue weighted by Crippen LogP contribution is 2.26. The number of carbonyl (C=O) groups is 1. The van der Waals surface area contributed by atoms with Crippen molar-refractivity contribution in [3.05, 3.63) is 64.8 Å². The van der Waals surface area contributed by atoms with E-state index < -0.39 is 5.56 Å². The monoisotopic (exact) mass is 420 g/mol. The summed E-state index contributed by atoms with van der Waals surface area (Å²) in [6.07, 6.45) is 6.70. The molecule has 1 saturated heterocycles. The van der Waals surface area contributed by atoms with Gasteiger partial charge in [0.05, 0.1) is 30.7 Å². The number of rotatable bonds is 6. The van der Waals surface area contributed by atoms with E-state index in [0.29, 0.717) is 22.6 Å². The number of aromatic amines is 1. The second-order valence-electron chi connectivity index (χ2n) is 7.34. The molecule has 1 aliphatic rings.